The maximum Gasteiger partial charge on any atom is 0.339 e. The Kier molecular flexibility index (Phi) is 4.88. The van der Waals surface area contributed by atoms with Crippen molar-refractivity contribution in [1.29, 1.82) is 0 Å². The molecule has 0 saturated carbocycles. The Morgan fingerprint density at radius 3 is 2.29 bits per heavy atom. The lowest BCUT2D eigenvalue weighted by Crippen LogP contribution is -2.45. The van der Waals surface area contributed by atoms with Crippen LogP contribution in [0.1, 0.15) is 28.8 Å². The van der Waals surface area contributed by atoms with Crippen molar-refractivity contribution in [2.24, 2.45) is 0 Å². The summed E-state index contributed by atoms with van der Waals surface area (Å²) < 4.78 is 33.6. The second-order valence-corrected chi connectivity index (χ2v) is 10.2. The van der Waals surface area contributed by atoms with Crippen LogP contribution in [-0.4, -0.2) is 31.8 Å². The van der Waals surface area contributed by atoms with Gasteiger partial charge in [-0.3, -0.25) is 0 Å². The molecule has 5 rings (SSSR count). The molecule has 0 aliphatic carbocycles. The molecule has 1 fully saturated rings. The van der Waals surface area contributed by atoms with Crippen LogP contribution in [0, 0.1) is 0 Å². The molecule has 3 aromatic rings. The van der Waals surface area contributed by atoms with Gasteiger partial charge >= 0.3 is 5.97 Å². The number of nitrogens with zero attached hydrogens (tertiary/aromatic N) is 1. The van der Waals surface area contributed by atoms with Gasteiger partial charge in [0.15, 0.2) is 0 Å². The van der Waals surface area contributed by atoms with Gasteiger partial charge in [0.05, 0.1) is 10.5 Å². The van der Waals surface area contributed by atoms with Crippen LogP contribution in [0.2, 0.25) is 5.02 Å². The summed E-state index contributed by atoms with van der Waals surface area (Å²) >= 11 is 6.06. The Labute approximate surface area is 186 Å². The molecule has 1 saturated heterocycles. The highest BCUT2D eigenvalue weighted by atomic mass is 35.5. The first-order valence-electron chi connectivity index (χ1n) is 10.1. The zero-order valence-corrected chi connectivity index (χ0v) is 18.2. The summed E-state index contributed by atoms with van der Waals surface area (Å²) in [7, 11) is -3.64. The van der Waals surface area contributed by atoms with Crippen molar-refractivity contribution in [3.63, 3.8) is 0 Å². The maximum atomic E-state index is 13.2. The van der Waals surface area contributed by atoms with E-state index in [1.807, 2.05) is 36.4 Å². The van der Waals surface area contributed by atoms with Gasteiger partial charge in [-0.1, -0.05) is 54.1 Å². The molecule has 2 aliphatic rings. The maximum absolute atomic E-state index is 13.2. The van der Waals surface area contributed by atoms with Gasteiger partial charge in [0.1, 0.15) is 5.60 Å². The zero-order chi connectivity index (χ0) is 21.6. The molecule has 2 heterocycles. The molecule has 0 atom stereocenters. The molecule has 0 aromatic heterocycles. The Morgan fingerprint density at radius 2 is 1.58 bits per heavy atom. The number of benzene rings is 3. The van der Waals surface area contributed by atoms with Gasteiger partial charge < -0.3 is 4.74 Å². The van der Waals surface area contributed by atoms with E-state index in [1.165, 1.54) is 4.31 Å². The number of sulfonamides is 1. The highest BCUT2D eigenvalue weighted by Crippen LogP contribution is 2.44. The third kappa shape index (κ3) is 3.45. The van der Waals surface area contributed by atoms with E-state index in [4.69, 9.17) is 16.3 Å². The van der Waals surface area contributed by atoms with E-state index in [2.05, 4.69) is 0 Å². The zero-order valence-electron chi connectivity index (χ0n) is 16.6. The Hall–Kier alpha value is -2.67. The van der Waals surface area contributed by atoms with Gasteiger partial charge in [-0.2, -0.15) is 4.31 Å². The average Bonchev–Trinajstić information content (AvgIpc) is 3.06. The number of piperidine rings is 1. The first kappa shape index (κ1) is 20.2. The normalized spacial score (nSPS) is 18.0. The Bertz CT molecular complexity index is 1260. The first-order valence-corrected chi connectivity index (χ1v) is 11.9. The standard InChI is InChI=1S/C24H20ClNO4S/c25-19-5-3-4-18(16-19)17-8-10-20(11-9-17)31(28,29)26-14-12-24(13-15-26)22-7-2-1-6-21(22)23(27)30-24/h1-11,16H,12-15H2. The summed E-state index contributed by atoms with van der Waals surface area (Å²) in [6.07, 6.45) is 0.880. The van der Waals surface area contributed by atoms with Crippen molar-refractivity contribution in [1.82, 2.24) is 4.31 Å². The van der Waals surface area contributed by atoms with Gasteiger partial charge in [0, 0.05) is 36.5 Å². The van der Waals surface area contributed by atoms with E-state index in [9.17, 15) is 13.2 Å². The van der Waals surface area contributed by atoms with Crippen LogP contribution in [0.25, 0.3) is 11.1 Å². The lowest BCUT2D eigenvalue weighted by Gasteiger charge is -2.37. The van der Waals surface area contributed by atoms with Gasteiger partial charge in [-0.05, 0) is 41.5 Å². The van der Waals surface area contributed by atoms with Gasteiger partial charge in [0.2, 0.25) is 10.0 Å². The van der Waals surface area contributed by atoms with E-state index in [0.29, 0.717) is 36.5 Å². The van der Waals surface area contributed by atoms with E-state index in [1.54, 1.807) is 36.4 Å². The Morgan fingerprint density at radius 1 is 0.871 bits per heavy atom. The summed E-state index contributed by atoms with van der Waals surface area (Å²) in [4.78, 5) is 12.5. The molecule has 7 heteroatoms. The predicted molar refractivity (Wildman–Crippen MR) is 118 cm³/mol. The van der Waals surface area contributed by atoms with Crippen LogP contribution < -0.4 is 0 Å². The number of carbonyl (C=O) groups is 1. The monoisotopic (exact) mass is 453 g/mol. The number of hydrogen-bond acceptors (Lipinski definition) is 4. The number of hydrogen-bond donors (Lipinski definition) is 0. The van der Waals surface area contributed by atoms with Gasteiger partial charge in [0.25, 0.3) is 0 Å². The largest absolute Gasteiger partial charge is 0.450 e. The van der Waals surface area contributed by atoms with Crippen LogP contribution in [0.15, 0.2) is 77.7 Å². The topological polar surface area (TPSA) is 63.7 Å². The van der Waals surface area contributed by atoms with Crippen LogP contribution in [0.5, 0.6) is 0 Å². The fourth-order valence-corrected chi connectivity index (χ4v) is 6.07. The van der Waals surface area contributed by atoms with Crippen molar-refractivity contribution in [2.75, 3.05) is 13.1 Å². The molecule has 2 aliphatic heterocycles. The third-order valence-electron chi connectivity index (χ3n) is 6.11. The molecular formula is C24H20ClNO4S. The van der Waals surface area contributed by atoms with E-state index in [-0.39, 0.29) is 10.9 Å². The highest BCUT2D eigenvalue weighted by Gasteiger charge is 2.48. The van der Waals surface area contributed by atoms with Crippen molar-refractivity contribution in [3.8, 4) is 11.1 Å². The van der Waals surface area contributed by atoms with Crippen molar-refractivity contribution in [2.45, 2.75) is 23.3 Å². The Balaban J connectivity index is 1.35. The van der Waals surface area contributed by atoms with Crippen LogP contribution in [0.3, 0.4) is 0 Å². The van der Waals surface area contributed by atoms with Crippen molar-refractivity contribution in [3.05, 3.63) is 88.9 Å². The molecule has 1 spiro atoms. The van der Waals surface area contributed by atoms with Crippen molar-refractivity contribution >= 4 is 27.6 Å². The summed E-state index contributed by atoms with van der Waals surface area (Å²) in [6.45, 7) is 0.583. The molecule has 0 unspecified atom stereocenters. The van der Waals surface area contributed by atoms with Crippen LogP contribution in [0.4, 0.5) is 0 Å². The number of rotatable bonds is 3. The molecular weight excluding hydrogens is 434 g/mol. The minimum atomic E-state index is -3.64. The van der Waals surface area contributed by atoms with Crippen molar-refractivity contribution < 1.29 is 17.9 Å². The second kappa shape index (κ2) is 7.48. The van der Waals surface area contributed by atoms with Crippen LogP contribution in [-0.2, 0) is 20.4 Å². The molecule has 0 radical (unpaired) electrons. The molecule has 0 bridgehead atoms. The van der Waals surface area contributed by atoms with Crippen LogP contribution >= 0.6 is 11.6 Å². The summed E-state index contributed by atoms with van der Waals surface area (Å²) in [5.41, 5.74) is 2.54. The molecule has 158 valence electrons. The van der Waals surface area contributed by atoms with Gasteiger partial charge in [-0.15, -0.1) is 0 Å². The number of carbonyl (C=O) groups excluding carboxylic acids is 1. The number of halogens is 1. The number of ether oxygens (including phenoxy) is 1. The SMILES string of the molecule is O=C1OC2(CCN(S(=O)(=O)c3ccc(-c4cccc(Cl)c4)cc3)CC2)c2ccccc21. The second-order valence-electron chi connectivity index (χ2n) is 7.87. The number of esters is 1. The highest BCUT2D eigenvalue weighted by molar-refractivity contribution is 7.89. The molecule has 3 aromatic carbocycles. The third-order valence-corrected chi connectivity index (χ3v) is 8.25. The lowest BCUT2D eigenvalue weighted by molar-refractivity contribution is -0.0329. The summed E-state index contributed by atoms with van der Waals surface area (Å²) in [5.74, 6) is -0.330. The molecule has 5 nitrogen and oxygen atoms in total. The number of fused-ring (bicyclic) bond motifs is 2. The molecule has 0 amide bonds. The molecule has 0 N–H and O–H groups in total. The minimum absolute atomic E-state index is 0.248. The minimum Gasteiger partial charge on any atom is -0.450 e. The molecule has 31 heavy (non-hydrogen) atoms. The van der Waals surface area contributed by atoms with E-state index >= 15 is 0 Å². The predicted octanol–water partition coefficient (Wildman–Crippen LogP) is 4.86. The quantitative estimate of drug-likeness (QED) is 0.531. The first-order chi connectivity index (χ1) is 14.9. The lowest BCUT2D eigenvalue weighted by atomic mass is 9.84. The summed E-state index contributed by atoms with van der Waals surface area (Å²) in [6, 6.07) is 21.6. The van der Waals surface area contributed by atoms with Gasteiger partial charge in [-0.25, -0.2) is 13.2 Å². The summed E-state index contributed by atoms with van der Waals surface area (Å²) in [5, 5.41) is 0.630. The fourth-order valence-electron chi connectivity index (χ4n) is 4.44. The average molecular weight is 454 g/mol. The fraction of sp³-hybridized carbons (Fsp3) is 0.208. The van der Waals surface area contributed by atoms with E-state index in [0.717, 1.165) is 16.7 Å². The smallest absolute Gasteiger partial charge is 0.339 e. The van der Waals surface area contributed by atoms with E-state index < -0.39 is 15.6 Å².